The van der Waals surface area contributed by atoms with Gasteiger partial charge < -0.3 is 19.7 Å². The summed E-state index contributed by atoms with van der Waals surface area (Å²) in [5, 5.41) is 15.1. The van der Waals surface area contributed by atoms with Crippen LogP contribution < -0.4 is 15.6 Å². The van der Waals surface area contributed by atoms with E-state index in [0.717, 1.165) is 43.4 Å². The van der Waals surface area contributed by atoms with Gasteiger partial charge in [-0.3, -0.25) is 9.59 Å². The SMILES string of the molecule is COc1ccc(CCC(=O)Nc2cccc3c(=O)n(CC4(O)CCCCC4)ccc23)cc1. The number of methoxy groups -OCH3 is 1. The van der Waals surface area contributed by atoms with Gasteiger partial charge in [0, 0.05) is 29.1 Å². The van der Waals surface area contributed by atoms with Crippen LogP contribution in [0, 0.1) is 0 Å². The topological polar surface area (TPSA) is 80.6 Å². The predicted octanol–water partition coefficient (Wildman–Crippen LogP) is 4.28. The second-order valence-electron chi connectivity index (χ2n) is 8.70. The van der Waals surface area contributed by atoms with Crippen LogP contribution in [-0.2, 0) is 17.8 Å². The van der Waals surface area contributed by atoms with Gasteiger partial charge in [0.05, 0.1) is 19.3 Å². The number of benzene rings is 2. The third-order valence-corrected chi connectivity index (χ3v) is 6.34. The summed E-state index contributed by atoms with van der Waals surface area (Å²) in [4.78, 5) is 25.6. The van der Waals surface area contributed by atoms with Crippen molar-refractivity contribution in [2.75, 3.05) is 12.4 Å². The number of pyridine rings is 1. The molecule has 4 rings (SSSR count). The van der Waals surface area contributed by atoms with Crippen LogP contribution in [0.5, 0.6) is 5.75 Å². The van der Waals surface area contributed by atoms with Crippen LogP contribution in [0.2, 0.25) is 0 Å². The highest BCUT2D eigenvalue weighted by Gasteiger charge is 2.30. The summed E-state index contributed by atoms with van der Waals surface area (Å²) in [6.07, 6.45) is 7.25. The highest BCUT2D eigenvalue weighted by atomic mass is 16.5. The lowest BCUT2D eigenvalue weighted by Gasteiger charge is -2.32. The van der Waals surface area contributed by atoms with Crippen molar-refractivity contribution in [3.05, 3.63) is 70.6 Å². The number of anilines is 1. The zero-order chi connectivity index (χ0) is 22.6. The molecule has 32 heavy (non-hydrogen) atoms. The highest BCUT2D eigenvalue weighted by Crippen LogP contribution is 2.29. The first-order valence-corrected chi connectivity index (χ1v) is 11.2. The summed E-state index contributed by atoms with van der Waals surface area (Å²) in [7, 11) is 1.62. The molecule has 1 amide bonds. The minimum Gasteiger partial charge on any atom is -0.497 e. The number of aryl methyl sites for hydroxylation is 1. The molecule has 1 heterocycles. The molecule has 0 saturated heterocycles. The third-order valence-electron chi connectivity index (χ3n) is 6.34. The van der Waals surface area contributed by atoms with Gasteiger partial charge in [-0.1, -0.05) is 37.5 Å². The lowest BCUT2D eigenvalue weighted by Crippen LogP contribution is -2.39. The normalized spacial score (nSPS) is 15.4. The fraction of sp³-hybridized carbons (Fsp3) is 0.385. The molecule has 6 nitrogen and oxygen atoms in total. The van der Waals surface area contributed by atoms with Crippen molar-refractivity contribution < 1.29 is 14.6 Å². The van der Waals surface area contributed by atoms with E-state index in [0.29, 0.717) is 35.8 Å². The van der Waals surface area contributed by atoms with E-state index in [1.165, 1.54) is 0 Å². The fourth-order valence-electron chi connectivity index (χ4n) is 4.50. The van der Waals surface area contributed by atoms with Gasteiger partial charge in [-0.2, -0.15) is 0 Å². The summed E-state index contributed by atoms with van der Waals surface area (Å²) in [6, 6.07) is 14.9. The maximum absolute atomic E-state index is 13.1. The largest absolute Gasteiger partial charge is 0.497 e. The Morgan fingerprint density at radius 2 is 1.81 bits per heavy atom. The van der Waals surface area contributed by atoms with Gasteiger partial charge in [-0.05, 0) is 55.2 Å². The molecule has 1 fully saturated rings. The summed E-state index contributed by atoms with van der Waals surface area (Å²) in [5.74, 6) is 0.684. The van der Waals surface area contributed by atoms with Crippen molar-refractivity contribution in [2.24, 2.45) is 0 Å². The molecule has 0 bridgehead atoms. The van der Waals surface area contributed by atoms with E-state index in [4.69, 9.17) is 4.74 Å². The maximum Gasteiger partial charge on any atom is 0.258 e. The quantitative estimate of drug-likeness (QED) is 0.582. The summed E-state index contributed by atoms with van der Waals surface area (Å²) < 4.78 is 6.76. The van der Waals surface area contributed by atoms with Crippen molar-refractivity contribution in [1.82, 2.24) is 4.57 Å². The smallest absolute Gasteiger partial charge is 0.258 e. The van der Waals surface area contributed by atoms with Gasteiger partial charge in [0.25, 0.3) is 5.56 Å². The van der Waals surface area contributed by atoms with Crippen LogP contribution in [0.15, 0.2) is 59.5 Å². The number of fused-ring (bicyclic) bond motifs is 1. The Kier molecular flexibility index (Phi) is 6.61. The van der Waals surface area contributed by atoms with Crippen LogP contribution in [0.25, 0.3) is 10.8 Å². The number of nitrogens with zero attached hydrogens (tertiary/aromatic N) is 1. The number of aliphatic hydroxyl groups is 1. The van der Waals surface area contributed by atoms with E-state index in [2.05, 4.69) is 5.32 Å². The number of aromatic nitrogens is 1. The predicted molar refractivity (Wildman–Crippen MR) is 126 cm³/mol. The molecular formula is C26H30N2O4. The van der Waals surface area contributed by atoms with Crippen LogP contribution >= 0.6 is 0 Å². The first-order valence-electron chi connectivity index (χ1n) is 11.2. The molecule has 1 aliphatic rings. The number of hydrogen-bond acceptors (Lipinski definition) is 4. The first-order chi connectivity index (χ1) is 15.5. The molecule has 168 valence electrons. The molecule has 1 aromatic heterocycles. The van der Waals surface area contributed by atoms with Crippen LogP contribution in [0.1, 0.15) is 44.1 Å². The van der Waals surface area contributed by atoms with Gasteiger partial charge in [-0.25, -0.2) is 0 Å². The minimum atomic E-state index is -0.816. The van der Waals surface area contributed by atoms with E-state index < -0.39 is 5.60 Å². The van der Waals surface area contributed by atoms with Crippen molar-refractivity contribution in [3.8, 4) is 5.75 Å². The lowest BCUT2D eigenvalue weighted by molar-refractivity contribution is -0.116. The van der Waals surface area contributed by atoms with E-state index in [1.807, 2.05) is 36.4 Å². The molecular weight excluding hydrogens is 404 g/mol. The summed E-state index contributed by atoms with van der Waals surface area (Å²) in [6.45, 7) is 0.306. The fourth-order valence-corrected chi connectivity index (χ4v) is 4.50. The third kappa shape index (κ3) is 5.02. The average molecular weight is 435 g/mol. The molecule has 1 saturated carbocycles. The van der Waals surface area contributed by atoms with Gasteiger partial charge in [0.2, 0.25) is 5.91 Å². The zero-order valence-electron chi connectivity index (χ0n) is 18.5. The Hall–Kier alpha value is -3.12. The number of carbonyl (C=O) groups is 1. The van der Waals surface area contributed by atoms with Crippen LogP contribution in [0.4, 0.5) is 5.69 Å². The zero-order valence-corrected chi connectivity index (χ0v) is 18.5. The molecule has 2 N–H and O–H groups in total. The van der Waals surface area contributed by atoms with E-state index in [1.54, 1.807) is 30.0 Å². The van der Waals surface area contributed by atoms with Gasteiger partial charge in [0.1, 0.15) is 5.75 Å². The van der Waals surface area contributed by atoms with Gasteiger partial charge in [-0.15, -0.1) is 0 Å². The first kappa shape index (κ1) is 22.1. The Labute approximate surface area is 187 Å². The lowest BCUT2D eigenvalue weighted by atomic mass is 9.85. The number of nitrogens with one attached hydrogen (secondary N) is 1. The highest BCUT2D eigenvalue weighted by molar-refractivity contribution is 6.01. The number of amides is 1. The maximum atomic E-state index is 13.1. The average Bonchev–Trinajstić information content (AvgIpc) is 2.80. The van der Waals surface area contributed by atoms with Crippen molar-refractivity contribution in [1.29, 1.82) is 0 Å². The minimum absolute atomic E-state index is 0.103. The number of ether oxygens (including phenoxy) is 1. The van der Waals surface area contributed by atoms with Gasteiger partial charge in [0.15, 0.2) is 0 Å². The van der Waals surface area contributed by atoms with Gasteiger partial charge >= 0.3 is 0 Å². The number of carbonyl (C=O) groups excluding carboxylic acids is 1. The molecule has 0 atom stereocenters. The molecule has 2 aromatic carbocycles. The Morgan fingerprint density at radius 1 is 1.06 bits per heavy atom. The van der Waals surface area contributed by atoms with Crippen molar-refractivity contribution in [3.63, 3.8) is 0 Å². The van der Waals surface area contributed by atoms with E-state index in [9.17, 15) is 14.7 Å². The Morgan fingerprint density at radius 3 is 2.53 bits per heavy atom. The summed E-state index contributed by atoms with van der Waals surface area (Å²) >= 11 is 0. The molecule has 6 heteroatoms. The Bertz CT molecular complexity index is 1140. The number of hydrogen-bond donors (Lipinski definition) is 2. The molecule has 3 aromatic rings. The van der Waals surface area contributed by atoms with Crippen LogP contribution in [-0.4, -0.2) is 28.3 Å². The number of rotatable bonds is 7. The molecule has 0 unspecified atom stereocenters. The van der Waals surface area contributed by atoms with Crippen molar-refractivity contribution in [2.45, 2.75) is 57.1 Å². The molecule has 0 radical (unpaired) electrons. The second kappa shape index (κ2) is 9.57. The second-order valence-corrected chi connectivity index (χ2v) is 8.70. The monoisotopic (exact) mass is 434 g/mol. The Balaban J connectivity index is 1.47. The van der Waals surface area contributed by atoms with E-state index >= 15 is 0 Å². The van der Waals surface area contributed by atoms with Crippen LogP contribution in [0.3, 0.4) is 0 Å². The molecule has 0 aliphatic heterocycles. The standard InChI is InChI=1S/C26H30N2O4/c1-32-20-11-8-19(9-12-20)10-13-24(29)27-23-7-5-6-22-21(23)14-17-28(25(22)30)18-26(31)15-3-2-4-16-26/h5-9,11-12,14,17,31H,2-4,10,13,15-16,18H2,1H3,(H,27,29). The van der Waals surface area contributed by atoms with E-state index in [-0.39, 0.29) is 11.5 Å². The summed E-state index contributed by atoms with van der Waals surface area (Å²) in [5.41, 5.74) is 0.726. The van der Waals surface area contributed by atoms with Crippen molar-refractivity contribution >= 4 is 22.4 Å². The molecule has 0 spiro atoms. The molecule has 1 aliphatic carbocycles.